The molecule has 0 radical (unpaired) electrons. The van der Waals surface area contributed by atoms with Gasteiger partial charge in [-0.15, -0.1) is 11.3 Å². The van der Waals surface area contributed by atoms with Gasteiger partial charge in [0, 0.05) is 18.1 Å². The van der Waals surface area contributed by atoms with Crippen LogP contribution in [0.1, 0.15) is 11.7 Å². The molecule has 1 unspecified atom stereocenters. The predicted octanol–water partition coefficient (Wildman–Crippen LogP) is 1.87. The number of hydrogen-bond donors (Lipinski definition) is 1. The Bertz CT molecular complexity index is 480. The summed E-state index contributed by atoms with van der Waals surface area (Å²) in [5.74, 6) is 0. The molecule has 1 atom stereocenters. The predicted molar refractivity (Wildman–Crippen MR) is 66.9 cm³/mol. The summed E-state index contributed by atoms with van der Waals surface area (Å²) in [6, 6.07) is 6.09. The Labute approximate surface area is 104 Å². The second-order valence-corrected chi connectivity index (χ2v) is 4.73. The van der Waals surface area contributed by atoms with Gasteiger partial charge in [0.25, 0.3) is 0 Å². The van der Waals surface area contributed by atoms with Gasteiger partial charge in [-0.1, -0.05) is 6.07 Å². The first-order valence-corrected chi connectivity index (χ1v) is 6.49. The molecule has 0 saturated carbocycles. The van der Waals surface area contributed by atoms with Gasteiger partial charge in [0.1, 0.15) is 5.01 Å². The fourth-order valence-electron chi connectivity index (χ4n) is 1.81. The quantitative estimate of drug-likeness (QED) is 0.880. The molecule has 0 aliphatic carbocycles. The highest BCUT2D eigenvalue weighted by Crippen LogP contribution is 2.25. The third-order valence-corrected chi connectivity index (χ3v) is 3.57. The summed E-state index contributed by atoms with van der Waals surface area (Å²) in [7, 11) is 0. The molecule has 3 rings (SSSR count). The first-order chi connectivity index (χ1) is 8.43. The third-order valence-electron chi connectivity index (χ3n) is 2.68. The van der Waals surface area contributed by atoms with Gasteiger partial charge < -0.3 is 10.1 Å². The molecule has 0 amide bonds. The lowest BCUT2D eigenvalue weighted by atomic mass is 10.2. The summed E-state index contributed by atoms with van der Waals surface area (Å²) in [6.07, 6.45) is 1.79. The van der Waals surface area contributed by atoms with Crippen molar-refractivity contribution >= 4 is 11.3 Å². The van der Waals surface area contributed by atoms with Crippen molar-refractivity contribution in [2.24, 2.45) is 0 Å². The zero-order valence-electron chi connectivity index (χ0n) is 9.30. The number of ether oxygens (including phenoxy) is 1. The van der Waals surface area contributed by atoms with Gasteiger partial charge in [-0.05, 0) is 12.1 Å². The molecule has 2 aromatic rings. The molecule has 0 bridgehead atoms. The normalized spacial score (nSPS) is 20.4. The Morgan fingerprint density at radius 2 is 2.41 bits per heavy atom. The van der Waals surface area contributed by atoms with Crippen molar-refractivity contribution in [3.8, 4) is 10.7 Å². The molecule has 1 saturated heterocycles. The smallest absolute Gasteiger partial charge is 0.142 e. The molecule has 88 valence electrons. The topological polar surface area (TPSA) is 47.0 Å². The van der Waals surface area contributed by atoms with Crippen molar-refractivity contribution in [3.05, 3.63) is 35.5 Å². The monoisotopic (exact) mass is 247 g/mol. The van der Waals surface area contributed by atoms with Crippen molar-refractivity contribution in [1.82, 2.24) is 15.3 Å². The van der Waals surface area contributed by atoms with Crippen molar-refractivity contribution in [2.45, 2.75) is 6.04 Å². The van der Waals surface area contributed by atoms with E-state index in [-0.39, 0.29) is 6.04 Å². The molecule has 0 spiro atoms. The van der Waals surface area contributed by atoms with Crippen LogP contribution in [-0.2, 0) is 4.74 Å². The fourth-order valence-corrected chi connectivity index (χ4v) is 2.66. The van der Waals surface area contributed by atoms with Crippen molar-refractivity contribution in [3.63, 3.8) is 0 Å². The highest BCUT2D eigenvalue weighted by atomic mass is 32.1. The number of morpholine rings is 1. The molecule has 4 nitrogen and oxygen atoms in total. The van der Waals surface area contributed by atoms with Crippen LogP contribution in [0, 0.1) is 0 Å². The Hall–Kier alpha value is -1.30. The van der Waals surface area contributed by atoms with Crippen LogP contribution in [0.25, 0.3) is 10.7 Å². The Kier molecular flexibility index (Phi) is 3.13. The van der Waals surface area contributed by atoms with E-state index in [0.29, 0.717) is 6.61 Å². The summed E-state index contributed by atoms with van der Waals surface area (Å²) >= 11 is 1.63. The van der Waals surface area contributed by atoms with Crippen molar-refractivity contribution in [1.29, 1.82) is 0 Å². The summed E-state index contributed by atoms with van der Waals surface area (Å²) in [5, 5.41) is 6.44. The number of hydrogen-bond acceptors (Lipinski definition) is 5. The van der Waals surface area contributed by atoms with Crippen LogP contribution >= 0.6 is 11.3 Å². The van der Waals surface area contributed by atoms with Gasteiger partial charge >= 0.3 is 0 Å². The first-order valence-electron chi connectivity index (χ1n) is 5.61. The Morgan fingerprint density at radius 1 is 1.41 bits per heavy atom. The molecule has 1 aliphatic rings. The molecule has 1 fully saturated rings. The van der Waals surface area contributed by atoms with E-state index in [1.165, 1.54) is 0 Å². The van der Waals surface area contributed by atoms with E-state index in [9.17, 15) is 0 Å². The van der Waals surface area contributed by atoms with Crippen molar-refractivity contribution in [2.75, 3.05) is 19.8 Å². The summed E-state index contributed by atoms with van der Waals surface area (Å²) in [4.78, 5) is 8.92. The van der Waals surface area contributed by atoms with E-state index in [1.807, 2.05) is 18.2 Å². The number of pyridine rings is 1. The van der Waals surface area contributed by atoms with Crippen LogP contribution < -0.4 is 5.32 Å². The van der Waals surface area contributed by atoms with Crippen LogP contribution in [0.2, 0.25) is 0 Å². The zero-order chi connectivity index (χ0) is 11.5. The van der Waals surface area contributed by atoms with Crippen molar-refractivity contribution < 1.29 is 4.74 Å². The van der Waals surface area contributed by atoms with Crippen LogP contribution in [0.5, 0.6) is 0 Å². The SMILES string of the molecule is c1ccc(-c2nc(C3COCCN3)cs2)nc1. The zero-order valence-corrected chi connectivity index (χ0v) is 10.1. The molecule has 17 heavy (non-hydrogen) atoms. The largest absolute Gasteiger partial charge is 0.378 e. The third kappa shape index (κ3) is 2.36. The van der Waals surface area contributed by atoms with Crippen LogP contribution in [-0.4, -0.2) is 29.7 Å². The standard InChI is InChI=1S/C12H13N3OS/c1-2-4-13-9(3-1)12-15-11(8-17-12)10-7-16-6-5-14-10/h1-4,8,10,14H,5-7H2. The van der Waals surface area contributed by atoms with E-state index < -0.39 is 0 Å². The minimum atomic E-state index is 0.220. The second-order valence-electron chi connectivity index (χ2n) is 3.87. The van der Waals surface area contributed by atoms with E-state index >= 15 is 0 Å². The summed E-state index contributed by atoms with van der Waals surface area (Å²) < 4.78 is 5.44. The second kappa shape index (κ2) is 4.91. The maximum atomic E-state index is 5.44. The van der Waals surface area contributed by atoms with E-state index in [0.717, 1.165) is 29.5 Å². The number of thiazole rings is 1. The first kappa shape index (κ1) is 10.8. The minimum Gasteiger partial charge on any atom is -0.378 e. The maximum Gasteiger partial charge on any atom is 0.142 e. The summed E-state index contributed by atoms with van der Waals surface area (Å²) in [5.41, 5.74) is 1.98. The lowest BCUT2D eigenvalue weighted by Gasteiger charge is -2.21. The average molecular weight is 247 g/mol. The lowest BCUT2D eigenvalue weighted by Crippen LogP contribution is -2.34. The molecule has 3 heterocycles. The molecule has 1 aliphatic heterocycles. The van der Waals surface area contributed by atoms with E-state index in [4.69, 9.17) is 4.74 Å². The number of rotatable bonds is 2. The van der Waals surface area contributed by atoms with Crippen LogP contribution in [0.15, 0.2) is 29.8 Å². The van der Waals surface area contributed by atoms with Gasteiger partial charge in [-0.2, -0.15) is 0 Å². The van der Waals surface area contributed by atoms with E-state index in [2.05, 4.69) is 20.7 Å². The van der Waals surface area contributed by atoms with E-state index in [1.54, 1.807) is 17.5 Å². The van der Waals surface area contributed by atoms with Crippen LogP contribution in [0.3, 0.4) is 0 Å². The Balaban J connectivity index is 1.83. The Morgan fingerprint density at radius 3 is 3.18 bits per heavy atom. The fraction of sp³-hybridized carbons (Fsp3) is 0.333. The van der Waals surface area contributed by atoms with Gasteiger partial charge in [0.05, 0.1) is 30.6 Å². The summed E-state index contributed by atoms with van der Waals surface area (Å²) in [6.45, 7) is 2.38. The molecular formula is C12H13N3OS. The number of nitrogens with zero attached hydrogens (tertiary/aromatic N) is 2. The van der Waals surface area contributed by atoms with Gasteiger partial charge in [0.15, 0.2) is 0 Å². The van der Waals surface area contributed by atoms with Crippen LogP contribution in [0.4, 0.5) is 0 Å². The van der Waals surface area contributed by atoms with Gasteiger partial charge in [-0.25, -0.2) is 4.98 Å². The molecule has 2 aromatic heterocycles. The van der Waals surface area contributed by atoms with Gasteiger partial charge in [-0.3, -0.25) is 4.98 Å². The maximum absolute atomic E-state index is 5.44. The highest BCUT2D eigenvalue weighted by molar-refractivity contribution is 7.13. The van der Waals surface area contributed by atoms with Gasteiger partial charge in [0.2, 0.25) is 0 Å². The minimum absolute atomic E-state index is 0.220. The highest BCUT2D eigenvalue weighted by Gasteiger charge is 2.18. The molecule has 0 aromatic carbocycles. The molecule has 1 N–H and O–H groups in total. The molecule has 5 heteroatoms. The number of nitrogens with one attached hydrogen (secondary N) is 1. The molecular weight excluding hydrogens is 234 g/mol. The lowest BCUT2D eigenvalue weighted by molar-refractivity contribution is 0.0758. The number of aromatic nitrogens is 2. The average Bonchev–Trinajstić information content (AvgIpc) is 2.90.